The van der Waals surface area contributed by atoms with Crippen LogP contribution < -0.4 is 16.0 Å². The van der Waals surface area contributed by atoms with E-state index >= 15 is 0 Å². The number of hydrogen-bond donors (Lipinski definition) is 3. The normalized spacial score (nSPS) is 16.7. The van der Waals surface area contributed by atoms with E-state index in [0.717, 1.165) is 17.0 Å². The van der Waals surface area contributed by atoms with Gasteiger partial charge < -0.3 is 16.2 Å². The minimum absolute atomic E-state index is 0.167. The third-order valence-electron chi connectivity index (χ3n) is 6.11. The molecule has 3 aromatic carbocycles. The Morgan fingerprint density at radius 1 is 1.08 bits per heavy atom. The van der Waals surface area contributed by atoms with E-state index in [2.05, 4.69) is 10.3 Å². The summed E-state index contributed by atoms with van der Waals surface area (Å²) in [5.74, 6) is -4.03. The predicted molar refractivity (Wildman–Crippen MR) is 143 cm³/mol. The number of aliphatic hydroxyl groups excluding tert-OH is 1. The van der Waals surface area contributed by atoms with E-state index in [9.17, 15) is 23.9 Å². The lowest BCUT2D eigenvalue weighted by Gasteiger charge is -2.27. The van der Waals surface area contributed by atoms with Crippen molar-refractivity contribution in [3.05, 3.63) is 99.3 Å². The quantitative estimate of drug-likeness (QED) is 0.410. The van der Waals surface area contributed by atoms with Crippen molar-refractivity contribution in [2.24, 2.45) is 10.7 Å². The van der Waals surface area contributed by atoms with Crippen LogP contribution in [0.4, 0.5) is 10.1 Å². The van der Waals surface area contributed by atoms with E-state index in [1.165, 1.54) is 30.3 Å². The summed E-state index contributed by atoms with van der Waals surface area (Å²) in [4.78, 5) is 44.5. The number of carbonyl (C=O) groups is 3. The molecule has 4 N–H and O–H groups in total. The molecular formula is C27H23Cl2FN4O4. The first-order chi connectivity index (χ1) is 18.1. The van der Waals surface area contributed by atoms with Crippen LogP contribution in [0.2, 0.25) is 10.0 Å². The number of hydrogen-bond acceptors (Lipinski definition) is 5. The summed E-state index contributed by atoms with van der Waals surface area (Å²) in [5, 5.41) is 14.3. The lowest BCUT2D eigenvalue weighted by molar-refractivity contribution is -0.130. The van der Waals surface area contributed by atoms with Crippen LogP contribution in [0.3, 0.4) is 0 Å². The molecule has 4 rings (SSSR count). The number of halogens is 3. The van der Waals surface area contributed by atoms with Crippen molar-refractivity contribution in [2.45, 2.75) is 25.1 Å². The van der Waals surface area contributed by atoms with Gasteiger partial charge in [0.2, 0.25) is 18.0 Å². The molecule has 3 amide bonds. The van der Waals surface area contributed by atoms with Crippen LogP contribution in [0.25, 0.3) is 0 Å². The van der Waals surface area contributed by atoms with Gasteiger partial charge in [0.15, 0.2) is 0 Å². The first kappa shape index (κ1) is 27.3. The number of aliphatic hydroxyl groups is 1. The van der Waals surface area contributed by atoms with Crippen LogP contribution in [0, 0.1) is 5.82 Å². The lowest BCUT2D eigenvalue weighted by Crippen LogP contribution is -2.51. The van der Waals surface area contributed by atoms with Gasteiger partial charge in [-0.05, 0) is 48.4 Å². The number of rotatable bonds is 7. The number of primary amides is 1. The van der Waals surface area contributed by atoms with Crippen molar-refractivity contribution in [1.82, 2.24) is 5.32 Å². The summed E-state index contributed by atoms with van der Waals surface area (Å²) < 4.78 is 13.7. The van der Waals surface area contributed by atoms with Gasteiger partial charge >= 0.3 is 0 Å². The summed E-state index contributed by atoms with van der Waals surface area (Å²) >= 11 is 12.1. The standard InChI is InChI=1S/C27H23Cl2FN4O4/c1-14-18-4-2-3-5-21(18)34(13-22(31)35)27(38)25(32-14)33-26(37)23(15-6-9-17(30)10-7-15)24(36)16-8-11-19(28)20(29)12-16/h2-12,23-25,36H,13H2,1H3,(H2,31,35)(H,33,37)/t23-,24+,25?/m1/s1. The number of nitrogens with zero attached hydrogens (tertiary/aromatic N) is 2. The number of nitrogens with one attached hydrogen (secondary N) is 1. The number of benzodiazepines with no additional fused rings is 1. The van der Waals surface area contributed by atoms with E-state index in [1.807, 2.05) is 0 Å². The van der Waals surface area contributed by atoms with Crippen LogP contribution in [0.1, 0.15) is 35.6 Å². The fourth-order valence-electron chi connectivity index (χ4n) is 4.27. The monoisotopic (exact) mass is 556 g/mol. The molecule has 0 saturated heterocycles. The largest absolute Gasteiger partial charge is 0.387 e. The maximum absolute atomic E-state index is 13.7. The Morgan fingerprint density at radius 2 is 1.74 bits per heavy atom. The van der Waals surface area contributed by atoms with Crippen molar-refractivity contribution in [3.8, 4) is 0 Å². The fourth-order valence-corrected chi connectivity index (χ4v) is 4.58. The van der Waals surface area contributed by atoms with E-state index in [1.54, 1.807) is 31.2 Å². The Kier molecular flexibility index (Phi) is 8.11. The van der Waals surface area contributed by atoms with Crippen molar-refractivity contribution in [1.29, 1.82) is 0 Å². The number of aliphatic imine (C=N–C) groups is 1. The zero-order valence-corrected chi connectivity index (χ0v) is 21.6. The van der Waals surface area contributed by atoms with Gasteiger partial charge in [0.1, 0.15) is 12.4 Å². The number of amides is 3. The Hall–Kier alpha value is -3.79. The summed E-state index contributed by atoms with van der Waals surface area (Å²) in [6, 6.07) is 16.3. The van der Waals surface area contributed by atoms with E-state index < -0.39 is 48.3 Å². The van der Waals surface area contributed by atoms with Gasteiger partial charge in [-0.25, -0.2) is 4.39 Å². The number of para-hydroxylation sites is 1. The Bertz CT molecular complexity index is 1430. The molecular weight excluding hydrogens is 534 g/mol. The number of carbonyl (C=O) groups excluding carboxylic acids is 3. The molecule has 1 aliphatic heterocycles. The first-order valence-electron chi connectivity index (χ1n) is 11.5. The van der Waals surface area contributed by atoms with Crippen molar-refractivity contribution in [3.63, 3.8) is 0 Å². The SMILES string of the molecule is CC1=NC(NC(=O)[C@H](c2ccc(F)cc2)[C@@H](O)c2ccc(Cl)c(Cl)c2)C(=O)N(CC(N)=O)c2ccccc21. The van der Waals surface area contributed by atoms with E-state index in [4.69, 9.17) is 28.9 Å². The summed E-state index contributed by atoms with van der Waals surface area (Å²) in [5.41, 5.74) is 7.40. The Balaban J connectivity index is 1.72. The maximum Gasteiger partial charge on any atom is 0.272 e. The predicted octanol–water partition coefficient (Wildman–Crippen LogP) is 3.73. The van der Waals surface area contributed by atoms with Crippen LogP contribution in [0.15, 0.2) is 71.7 Å². The molecule has 1 unspecified atom stereocenters. The molecule has 1 heterocycles. The van der Waals surface area contributed by atoms with Crippen LogP contribution in [-0.2, 0) is 14.4 Å². The second-order valence-electron chi connectivity index (χ2n) is 8.68. The van der Waals surface area contributed by atoms with Crippen molar-refractivity contribution < 1.29 is 23.9 Å². The fraction of sp³-hybridized carbons (Fsp3) is 0.185. The molecule has 8 nitrogen and oxygen atoms in total. The van der Waals surface area contributed by atoms with Crippen LogP contribution in [0.5, 0.6) is 0 Å². The molecule has 0 saturated carbocycles. The molecule has 11 heteroatoms. The van der Waals surface area contributed by atoms with Crippen LogP contribution in [-0.4, -0.2) is 41.3 Å². The maximum atomic E-state index is 13.7. The average molecular weight is 557 g/mol. The zero-order chi connectivity index (χ0) is 27.6. The highest BCUT2D eigenvalue weighted by molar-refractivity contribution is 6.42. The van der Waals surface area contributed by atoms with Gasteiger partial charge in [-0.1, -0.05) is 59.6 Å². The van der Waals surface area contributed by atoms with Gasteiger partial charge in [0, 0.05) is 11.3 Å². The summed E-state index contributed by atoms with van der Waals surface area (Å²) in [7, 11) is 0. The number of nitrogens with two attached hydrogens (primary N) is 1. The van der Waals surface area contributed by atoms with Crippen molar-refractivity contribution >= 4 is 52.3 Å². The molecule has 0 fully saturated rings. The molecule has 3 aromatic rings. The van der Waals surface area contributed by atoms with Gasteiger partial charge in [0.05, 0.1) is 27.8 Å². The zero-order valence-electron chi connectivity index (χ0n) is 20.1. The second-order valence-corrected chi connectivity index (χ2v) is 9.50. The van der Waals surface area contributed by atoms with Gasteiger partial charge in [0.25, 0.3) is 5.91 Å². The number of anilines is 1. The second kappa shape index (κ2) is 11.3. The highest BCUT2D eigenvalue weighted by Crippen LogP contribution is 2.35. The third-order valence-corrected chi connectivity index (χ3v) is 6.85. The Morgan fingerprint density at radius 3 is 2.39 bits per heavy atom. The molecule has 38 heavy (non-hydrogen) atoms. The van der Waals surface area contributed by atoms with Crippen LogP contribution >= 0.6 is 23.2 Å². The first-order valence-corrected chi connectivity index (χ1v) is 12.2. The average Bonchev–Trinajstić information content (AvgIpc) is 2.97. The molecule has 1 aliphatic rings. The molecule has 0 bridgehead atoms. The highest BCUT2D eigenvalue weighted by atomic mass is 35.5. The number of benzene rings is 3. The lowest BCUT2D eigenvalue weighted by atomic mass is 9.88. The molecule has 0 spiro atoms. The van der Waals surface area contributed by atoms with Gasteiger partial charge in [-0.2, -0.15) is 0 Å². The highest BCUT2D eigenvalue weighted by Gasteiger charge is 2.36. The van der Waals surface area contributed by atoms with E-state index in [0.29, 0.717) is 17.0 Å². The molecule has 0 aliphatic carbocycles. The smallest absolute Gasteiger partial charge is 0.272 e. The molecule has 0 aromatic heterocycles. The molecule has 3 atom stereocenters. The number of fused-ring (bicyclic) bond motifs is 1. The minimum Gasteiger partial charge on any atom is -0.387 e. The van der Waals surface area contributed by atoms with E-state index in [-0.39, 0.29) is 21.2 Å². The topological polar surface area (TPSA) is 125 Å². The van der Waals surface area contributed by atoms with Gasteiger partial charge in [-0.3, -0.25) is 24.3 Å². The molecule has 0 radical (unpaired) electrons. The van der Waals surface area contributed by atoms with Gasteiger partial charge in [-0.15, -0.1) is 0 Å². The summed E-state index contributed by atoms with van der Waals surface area (Å²) in [6.07, 6.45) is -2.88. The third kappa shape index (κ3) is 5.70. The summed E-state index contributed by atoms with van der Waals surface area (Å²) in [6.45, 7) is 1.24. The van der Waals surface area contributed by atoms with Crippen molar-refractivity contribution in [2.75, 3.05) is 11.4 Å². The Labute approximate surface area is 227 Å². The minimum atomic E-state index is -1.44. The molecule has 196 valence electrons.